The second kappa shape index (κ2) is 8.53. The molecule has 3 aromatic heterocycles. The van der Waals surface area contributed by atoms with E-state index in [1.807, 2.05) is 21.8 Å². The van der Waals surface area contributed by atoms with Crippen molar-refractivity contribution in [1.29, 1.82) is 0 Å². The third kappa shape index (κ3) is 3.99. The van der Waals surface area contributed by atoms with Gasteiger partial charge in [0.15, 0.2) is 0 Å². The van der Waals surface area contributed by atoms with Gasteiger partial charge in [-0.15, -0.1) is 5.10 Å². The van der Waals surface area contributed by atoms with Crippen LogP contribution in [0.3, 0.4) is 0 Å². The standard InChI is InChI=1S/C23H25N7O3/c1-28-10-3-4-19(23(28)32)25-22(31)18-12-15-14-30(26-20(15)13-21(18)33-2)17-7-5-16(6-8-17)29-11-9-24-27-29/h3-4,9-14,16-17H,5-8H2,1-2H3,(H,25,31). The summed E-state index contributed by atoms with van der Waals surface area (Å²) in [7, 11) is 3.15. The highest BCUT2D eigenvalue weighted by atomic mass is 16.5. The van der Waals surface area contributed by atoms with E-state index < -0.39 is 5.91 Å². The molecule has 1 N–H and O–H groups in total. The third-order valence-corrected chi connectivity index (χ3v) is 6.31. The van der Waals surface area contributed by atoms with Crippen LogP contribution >= 0.6 is 0 Å². The Labute approximate surface area is 189 Å². The van der Waals surface area contributed by atoms with Gasteiger partial charge in [0.2, 0.25) is 0 Å². The number of nitrogens with zero attached hydrogens (tertiary/aromatic N) is 6. The van der Waals surface area contributed by atoms with Crippen molar-refractivity contribution in [3.05, 3.63) is 65.0 Å². The van der Waals surface area contributed by atoms with Crippen molar-refractivity contribution < 1.29 is 9.53 Å². The van der Waals surface area contributed by atoms with Crippen molar-refractivity contribution in [3.8, 4) is 5.75 Å². The van der Waals surface area contributed by atoms with Gasteiger partial charge in [-0.25, -0.2) is 4.68 Å². The molecule has 5 rings (SSSR count). The minimum Gasteiger partial charge on any atom is -0.496 e. The first-order valence-corrected chi connectivity index (χ1v) is 10.9. The number of ether oxygens (including phenoxy) is 1. The zero-order chi connectivity index (χ0) is 22.9. The minimum atomic E-state index is -0.404. The summed E-state index contributed by atoms with van der Waals surface area (Å²) >= 11 is 0. The topological polar surface area (TPSA) is 109 Å². The molecule has 0 aliphatic heterocycles. The molecule has 4 aromatic rings. The SMILES string of the molecule is COc1cc2nn(C3CCC(n4ccnn4)CC3)cc2cc1C(=O)Nc1cccn(C)c1=O. The normalized spacial score (nSPS) is 18.4. The number of carbonyl (C=O) groups excluding carboxylic acids is 1. The van der Waals surface area contributed by atoms with Gasteiger partial charge in [0.1, 0.15) is 11.4 Å². The second-order valence-electron chi connectivity index (χ2n) is 8.36. The minimum absolute atomic E-state index is 0.215. The van der Waals surface area contributed by atoms with Gasteiger partial charge in [-0.05, 0) is 43.9 Å². The van der Waals surface area contributed by atoms with Gasteiger partial charge < -0.3 is 14.6 Å². The van der Waals surface area contributed by atoms with E-state index in [0.717, 1.165) is 36.6 Å². The maximum atomic E-state index is 13.0. The number of carbonyl (C=O) groups is 1. The third-order valence-electron chi connectivity index (χ3n) is 6.31. The van der Waals surface area contributed by atoms with Gasteiger partial charge in [0.05, 0.1) is 36.5 Å². The Morgan fingerprint density at radius 1 is 1.12 bits per heavy atom. The number of methoxy groups -OCH3 is 1. The quantitative estimate of drug-likeness (QED) is 0.504. The number of nitrogens with one attached hydrogen (secondary N) is 1. The Bertz CT molecular complexity index is 1350. The molecule has 0 atom stereocenters. The number of aromatic nitrogens is 6. The predicted molar refractivity (Wildman–Crippen MR) is 122 cm³/mol. The number of aryl methyl sites for hydroxylation is 1. The lowest BCUT2D eigenvalue weighted by Crippen LogP contribution is -2.23. The van der Waals surface area contributed by atoms with E-state index in [1.54, 1.807) is 43.7 Å². The maximum Gasteiger partial charge on any atom is 0.274 e. The fourth-order valence-electron chi connectivity index (χ4n) is 4.49. The largest absolute Gasteiger partial charge is 0.496 e. The summed E-state index contributed by atoms with van der Waals surface area (Å²) in [6.07, 6.45) is 11.2. The van der Waals surface area contributed by atoms with E-state index in [2.05, 4.69) is 15.6 Å². The summed E-state index contributed by atoms with van der Waals surface area (Å²) in [5.41, 5.74) is 1.05. The van der Waals surface area contributed by atoms with Crippen LogP contribution < -0.4 is 15.6 Å². The molecule has 0 spiro atoms. The molecule has 1 amide bonds. The van der Waals surface area contributed by atoms with E-state index in [-0.39, 0.29) is 17.3 Å². The summed E-state index contributed by atoms with van der Waals surface area (Å²) in [5, 5.41) is 16.3. The first kappa shape index (κ1) is 20.9. The van der Waals surface area contributed by atoms with Crippen molar-refractivity contribution in [2.45, 2.75) is 37.8 Å². The monoisotopic (exact) mass is 447 g/mol. The van der Waals surface area contributed by atoms with Gasteiger partial charge in [0, 0.05) is 37.1 Å². The fourth-order valence-corrected chi connectivity index (χ4v) is 4.49. The first-order chi connectivity index (χ1) is 16.0. The number of rotatable bonds is 5. The van der Waals surface area contributed by atoms with Gasteiger partial charge in [-0.3, -0.25) is 14.3 Å². The van der Waals surface area contributed by atoms with E-state index in [9.17, 15) is 9.59 Å². The van der Waals surface area contributed by atoms with Gasteiger partial charge in [-0.1, -0.05) is 5.21 Å². The molecule has 1 aliphatic rings. The van der Waals surface area contributed by atoms with Crippen LogP contribution in [0.2, 0.25) is 0 Å². The molecule has 1 aromatic carbocycles. The molecular formula is C23H25N7O3. The first-order valence-electron chi connectivity index (χ1n) is 10.9. The second-order valence-corrected chi connectivity index (χ2v) is 8.36. The average Bonchev–Trinajstić information content (AvgIpc) is 3.51. The summed E-state index contributed by atoms with van der Waals surface area (Å²) in [6, 6.07) is 7.48. The summed E-state index contributed by atoms with van der Waals surface area (Å²) in [5.74, 6) is 0.00559. The zero-order valence-corrected chi connectivity index (χ0v) is 18.5. The molecule has 0 radical (unpaired) electrons. The Balaban J connectivity index is 1.38. The van der Waals surface area contributed by atoms with Crippen LogP contribution in [-0.4, -0.2) is 42.4 Å². The Morgan fingerprint density at radius 3 is 2.58 bits per heavy atom. The lowest BCUT2D eigenvalue weighted by atomic mass is 9.91. The number of hydrogen-bond acceptors (Lipinski definition) is 6. The maximum absolute atomic E-state index is 13.0. The van der Waals surface area contributed by atoms with Crippen LogP contribution in [0.4, 0.5) is 5.69 Å². The molecule has 1 fully saturated rings. The Morgan fingerprint density at radius 2 is 1.88 bits per heavy atom. The number of benzene rings is 1. The Kier molecular flexibility index (Phi) is 5.41. The molecule has 1 aliphatic carbocycles. The number of amides is 1. The van der Waals surface area contributed by atoms with Crippen LogP contribution in [0.1, 0.15) is 48.1 Å². The summed E-state index contributed by atoms with van der Waals surface area (Å²) in [4.78, 5) is 25.3. The average molecular weight is 447 g/mol. The fraction of sp³-hybridized carbons (Fsp3) is 0.348. The van der Waals surface area contributed by atoms with Crippen molar-refractivity contribution in [2.24, 2.45) is 7.05 Å². The van der Waals surface area contributed by atoms with Crippen LogP contribution in [0.25, 0.3) is 10.9 Å². The lowest BCUT2D eigenvalue weighted by molar-refractivity contribution is 0.102. The van der Waals surface area contributed by atoms with E-state index in [0.29, 0.717) is 17.4 Å². The molecule has 170 valence electrons. The molecule has 10 nitrogen and oxygen atoms in total. The van der Waals surface area contributed by atoms with Crippen LogP contribution in [0, 0.1) is 0 Å². The summed E-state index contributed by atoms with van der Waals surface area (Å²) in [6.45, 7) is 0. The van der Waals surface area contributed by atoms with Crippen LogP contribution in [-0.2, 0) is 7.05 Å². The zero-order valence-electron chi connectivity index (χ0n) is 18.5. The van der Waals surface area contributed by atoms with E-state index in [4.69, 9.17) is 9.84 Å². The number of anilines is 1. The van der Waals surface area contributed by atoms with Gasteiger partial charge in [0.25, 0.3) is 11.5 Å². The molecule has 0 saturated heterocycles. The van der Waals surface area contributed by atoms with E-state index in [1.165, 1.54) is 11.7 Å². The lowest BCUT2D eigenvalue weighted by Gasteiger charge is -2.28. The van der Waals surface area contributed by atoms with Crippen LogP contribution in [0.5, 0.6) is 5.75 Å². The molecule has 1 saturated carbocycles. The molecular weight excluding hydrogens is 422 g/mol. The van der Waals surface area contributed by atoms with Crippen molar-refractivity contribution in [1.82, 2.24) is 29.3 Å². The van der Waals surface area contributed by atoms with Crippen molar-refractivity contribution in [2.75, 3.05) is 12.4 Å². The van der Waals surface area contributed by atoms with E-state index >= 15 is 0 Å². The van der Waals surface area contributed by atoms with Crippen molar-refractivity contribution >= 4 is 22.5 Å². The molecule has 33 heavy (non-hydrogen) atoms. The molecule has 0 bridgehead atoms. The molecule has 0 unspecified atom stereocenters. The predicted octanol–water partition coefficient (Wildman–Crippen LogP) is 2.94. The highest BCUT2D eigenvalue weighted by Gasteiger charge is 2.25. The number of fused-ring (bicyclic) bond motifs is 1. The smallest absolute Gasteiger partial charge is 0.274 e. The van der Waals surface area contributed by atoms with Crippen molar-refractivity contribution in [3.63, 3.8) is 0 Å². The highest BCUT2D eigenvalue weighted by molar-refractivity contribution is 6.08. The van der Waals surface area contributed by atoms with Gasteiger partial charge in [-0.2, -0.15) is 5.10 Å². The highest BCUT2D eigenvalue weighted by Crippen LogP contribution is 2.35. The van der Waals surface area contributed by atoms with Crippen LogP contribution in [0.15, 0.2) is 53.8 Å². The number of pyridine rings is 1. The Hall–Kier alpha value is -3.95. The number of hydrogen-bond donors (Lipinski definition) is 1. The summed E-state index contributed by atoms with van der Waals surface area (Å²) < 4.78 is 10.8. The van der Waals surface area contributed by atoms with Gasteiger partial charge >= 0.3 is 0 Å². The molecule has 3 heterocycles. The molecule has 10 heteroatoms.